The highest BCUT2D eigenvalue weighted by Crippen LogP contribution is 2.29. The fourth-order valence-corrected chi connectivity index (χ4v) is 3.16. The molecule has 1 aliphatic carbocycles. The number of hydrogen-bond donors (Lipinski definition) is 4. The highest BCUT2D eigenvalue weighted by atomic mass is 16.3. The summed E-state index contributed by atoms with van der Waals surface area (Å²) >= 11 is 0. The smallest absolute Gasteiger partial charge is 0.255 e. The maximum atomic E-state index is 12.9. The molecule has 1 saturated carbocycles. The first-order valence-corrected chi connectivity index (χ1v) is 10.7. The van der Waals surface area contributed by atoms with Gasteiger partial charge in [0, 0.05) is 29.4 Å². The van der Waals surface area contributed by atoms with Crippen molar-refractivity contribution in [3.05, 3.63) is 47.2 Å². The summed E-state index contributed by atoms with van der Waals surface area (Å²) in [6.07, 6.45) is 3.75. The quantitative estimate of drug-likeness (QED) is 0.521. The van der Waals surface area contributed by atoms with Crippen molar-refractivity contribution >= 4 is 17.6 Å². The Bertz CT molecular complexity index is 981. The van der Waals surface area contributed by atoms with Gasteiger partial charge in [-0.1, -0.05) is 6.07 Å². The first kappa shape index (κ1) is 22.7. The van der Waals surface area contributed by atoms with E-state index in [1.165, 1.54) is 0 Å². The number of rotatable bonds is 8. The van der Waals surface area contributed by atoms with Crippen molar-refractivity contribution in [3.63, 3.8) is 0 Å². The van der Waals surface area contributed by atoms with Crippen LogP contribution in [0.25, 0.3) is 11.1 Å². The third kappa shape index (κ3) is 5.82. The van der Waals surface area contributed by atoms with Gasteiger partial charge in [-0.3, -0.25) is 9.59 Å². The minimum atomic E-state index is -0.641. The lowest BCUT2D eigenvalue weighted by atomic mass is 9.97. The van der Waals surface area contributed by atoms with Gasteiger partial charge in [-0.2, -0.15) is 0 Å². The van der Waals surface area contributed by atoms with Crippen molar-refractivity contribution in [2.24, 2.45) is 0 Å². The lowest BCUT2D eigenvalue weighted by Crippen LogP contribution is -2.37. The molecule has 0 radical (unpaired) electrons. The number of carbonyl (C=O) groups is 2. The van der Waals surface area contributed by atoms with E-state index < -0.39 is 5.54 Å². The number of aliphatic hydroxyl groups is 1. The topological polar surface area (TPSA) is 103 Å². The van der Waals surface area contributed by atoms with E-state index in [-0.39, 0.29) is 30.5 Å². The summed E-state index contributed by atoms with van der Waals surface area (Å²) < 4.78 is 0. The van der Waals surface area contributed by atoms with Crippen LogP contribution in [-0.4, -0.2) is 46.1 Å². The second-order valence-corrected chi connectivity index (χ2v) is 9.19. The van der Waals surface area contributed by atoms with E-state index in [2.05, 4.69) is 20.9 Å². The maximum Gasteiger partial charge on any atom is 0.255 e. The Morgan fingerprint density at radius 3 is 2.52 bits per heavy atom. The summed E-state index contributed by atoms with van der Waals surface area (Å²) in [5, 5.41) is 18.7. The van der Waals surface area contributed by atoms with E-state index in [4.69, 9.17) is 0 Å². The van der Waals surface area contributed by atoms with Crippen LogP contribution in [0, 0.1) is 6.92 Å². The maximum absolute atomic E-state index is 12.9. The molecular weight excluding hydrogens is 392 g/mol. The Balaban J connectivity index is 2.01. The van der Waals surface area contributed by atoms with Crippen molar-refractivity contribution in [1.29, 1.82) is 0 Å². The Labute approximate surface area is 183 Å². The second-order valence-electron chi connectivity index (χ2n) is 9.19. The zero-order valence-corrected chi connectivity index (χ0v) is 18.9. The number of aryl methyl sites for hydroxylation is 1. The van der Waals surface area contributed by atoms with Gasteiger partial charge in [-0.05, 0) is 76.8 Å². The van der Waals surface area contributed by atoms with Crippen LogP contribution in [-0.2, 0) is 0 Å². The molecule has 0 spiro atoms. The molecule has 0 bridgehead atoms. The Morgan fingerprint density at radius 1 is 1.19 bits per heavy atom. The number of anilines is 1. The first-order valence-electron chi connectivity index (χ1n) is 10.7. The normalized spacial score (nSPS) is 13.8. The zero-order valence-electron chi connectivity index (χ0n) is 18.9. The van der Waals surface area contributed by atoms with E-state index >= 15 is 0 Å². The molecule has 1 aliphatic rings. The average molecular weight is 425 g/mol. The molecule has 0 aliphatic heterocycles. The molecule has 2 aromatic rings. The van der Waals surface area contributed by atoms with Gasteiger partial charge in [0.2, 0.25) is 0 Å². The van der Waals surface area contributed by atoms with Crippen molar-refractivity contribution in [1.82, 2.24) is 15.6 Å². The number of pyridine rings is 1. The monoisotopic (exact) mass is 424 g/mol. The Hall–Kier alpha value is -2.93. The molecule has 2 amide bonds. The van der Waals surface area contributed by atoms with Gasteiger partial charge >= 0.3 is 0 Å². The van der Waals surface area contributed by atoms with Gasteiger partial charge in [0.05, 0.1) is 17.7 Å². The summed E-state index contributed by atoms with van der Waals surface area (Å²) in [5.41, 5.74) is 2.92. The molecule has 1 aromatic carbocycles. The average Bonchev–Trinajstić information content (AvgIpc) is 3.52. The fourth-order valence-electron chi connectivity index (χ4n) is 3.16. The third-order valence-electron chi connectivity index (χ3n) is 5.13. The summed E-state index contributed by atoms with van der Waals surface area (Å²) in [5.74, 6) is 0.0690. The zero-order chi connectivity index (χ0) is 22.8. The molecule has 0 unspecified atom stereocenters. The van der Waals surface area contributed by atoms with Crippen molar-refractivity contribution in [2.45, 2.75) is 65.1 Å². The molecule has 1 aromatic heterocycles. The molecule has 4 N–H and O–H groups in total. The summed E-state index contributed by atoms with van der Waals surface area (Å²) in [7, 11) is 0. The molecule has 7 heteroatoms. The number of nitrogens with one attached hydrogen (secondary N) is 3. The Morgan fingerprint density at radius 2 is 1.90 bits per heavy atom. The van der Waals surface area contributed by atoms with E-state index in [9.17, 15) is 14.7 Å². The molecule has 31 heavy (non-hydrogen) atoms. The van der Waals surface area contributed by atoms with Crippen LogP contribution >= 0.6 is 0 Å². The predicted molar refractivity (Wildman–Crippen MR) is 122 cm³/mol. The van der Waals surface area contributed by atoms with Crippen LogP contribution in [0.5, 0.6) is 0 Å². The minimum absolute atomic E-state index is 0.0361. The molecule has 1 fully saturated rings. The van der Waals surface area contributed by atoms with Crippen LogP contribution in [0.4, 0.5) is 5.82 Å². The molecule has 0 saturated heterocycles. The largest absolute Gasteiger partial charge is 0.394 e. The summed E-state index contributed by atoms with van der Waals surface area (Å²) in [6, 6.07) is 7.60. The molecular formula is C24H32N4O3. The predicted octanol–water partition coefficient (Wildman–Crippen LogP) is 3.27. The van der Waals surface area contributed by atoms with Gasteiger partial charge in [-0.25, -0.2) is 4.98 Å². The number of benzene rings is 1. The summed E-state index contributed by atoms with van der Waals surface area (Å²) in [4.78, 5) is 29.9. The second kappa shape index (κ2) is 9.06. The SMILES string of the molecule is Cc1ccc(C(=O)NC2CC2)cc1-c1cnc(NC(C)(C)CO)c(C(=O)NC(C)C)c1. The standard InChI is InChI=1S/C24H32N4O3/c1-14(2)26-23(31)20-11-17(12-25-21(20)28-24(4,5)13-29)19-10-16(7-6-15(19)3)22(30)27-18-8-9-18/h6-7,10-12,14,18,29H,8-9,13H2,1-5H3,(H,25,28)(H,26,31)(H,27,30). The number of hydrogen-bond acceptors (Lipinski definition) is 5. The number of amides is 2. The van der Waals surface area contributed by atoms with E-state index in [0.29, 0.717) is 16.9 Å². The van der Waals surface area contributed by atoms with Gasteiger partial charge < -0.3 is 21.1 Å². The fraction of sp³-hybridized carbons (Fsp3) is 0.458. The highest BCUT2D eigenvalue weighted by molar-refractivity contribution is 6.00. The van der Waals surface area contributed by atoms with Crippen LogP contribution in [0.3, 0.4) is 0 Å². The van der Waals surface area contributed by atoms with Crippen LogP contribution < -0.4 is 16.0 Å². The molecule has 0 atom stereocenters. The van der Waals surface area contributed by atoms with Gasteiger partial charge in [0.1, 0.15) is 5.82 Å². The molecule has 3 rings (SSSR count). The number of aliphatic hydroxyl groups excluding tert-OH is 1. The Kier molecular flexibility index (Phi) is 6.65. The summed E-state index contributed by atoms with van der Waals surface area (Å²) in [6.45, 7) is 9.31. The number of nitrogens with zero attached hydrogens (tertiary/aromatic N) is 1. The molecule has 7 nitrogen and oxygen atoms in total. The van der Waals surface area contributed by atoms with Gasteiger partial charge in [-0.15, -0.1) is 0 Å². The minimum Gasteiger partial charge on any atom is -0.394 e. The lowest BCUT2D eigenvalue weighted by Gasteiger charge is -2.26. The van der Waals surface area contributed by atoms with Crippen molar-refractivity contribution in [2.75, 3.05) is 11.9 Å². The molecule has 1 heterocycles. The van der Waals surface area contributed by atoms with E-state index in [1.807, 2.05) is 52.8 Å². The van der Waals surface area contributed by atoms with E-state index in [1.54, 1.807) is 12.3 Å². The third-order valence-corrected chi connectivity index (χ3v) is 5.13. The van der Waals surface area contributed by atoms with Gasteiger partial charge in [0.25, 0.3) is 11.8 Å². The van der Waals surface area contributed by atoms with Gasteiger partial charge in [0.15, 0.2) is 0 Å². The van der Waals surface area contributed by atoms with Crippen LogP contribution in [0.15, 0.2) is 30.5 Å². The highest BCUT2D eigenvalue weighted by Gasteiger charge is 2.25. The number of aromatic nitrogens is 1. The van der Waals surface area contributed by atoms with Crippen LogP contribution in [0.2, 0.25) is 0 Å². The lowest BCUT2D eigenvalue weighted by molar-refractivity contribution is 0.0937. The van der Waals surface area contributed by atoms with Crippen molar-refractivity contribution in [3.8, 4) is 11.1 Å². The van der Waals surface area contributed by atoms with Crippen LogP contribution in [0.1, 0.15) is 66.8 Å². The van der Waals surface area contributed by atoms with E-state index in [0.717, 1.165) is 29.5 Å². The van der Waals surface area contributed by atoms with Crippen molar-refractivity contribution < 1.29 is 14.7 Å². The first-order chi connectivity index (χ1) is 14.6. The number of carbonyl (C=O) groups excluding carboxylic acids is 2. The molecule has 166 valence electrons.